The summed E-state index contributed by atoms with van der Waals surface area (Å²) in [5, 5.41) is 16.2. The lowest BCUT2D eigenvalue weighted by molar-refractivity contribution is -0.113. The van der Waals surface area contributed by atoms with Crippen molar-refractivity contribution in [1.29, 1.82) is 0 Å². The normalized spacial score (nSPS) is 12.0. The second-order valence-electron chi connectivity index (χ2n) is 8.71. The van der Waals surface area contributed by atoms with Crippen LogP contribution >= 0.6 is 35.0 Å². The number of carbonyl (C=O) groups excluding carboxylic acids is 2. The predicted molar refractivity (Wildman–Crippen MR) is 147 cm³/mol. The van der Waals surface area contributed by atoms with Gasteiger partial charge in [0.2, 0.25) is 5.91 Å². The lowest BCUT2D eigenvalue weighted by Crippen LogP contribution is -2.32. The molecule has 1 atom stereocenters. The lowest BCUT2D eigenvalue weighted by atomic mass is 10.0. The fourth-order valence-electron chi connectivity index (χ4n) is 3.84. The average Bonchev–Trinajstić information content (AvgIpc) is 3.25. The molecular weight excluding hydrogens is 517 g/mol. The monoisotopic (exact) mass is 547 g/mol. The summed E-state index contributed by atoms with van der Waals surface area (Å²) in [5.41, 5.74) is 2.25. The Bertz CT molecular complexity index is 1210. The van der Waals surface area contributed by atoms with Gasteiger partial charge in [-0.2, -0.15) is 0 Å². The Morgan fingerprint density at radius 2 is 1.83 bits per heavy atom. The van der Waals surface area contributed by atoms with Crippen molar-refractivity contribution in [2.24, 2.45) is 5.92 Å². The van der Waals surface area contributed by atoms with E-state index in [1.54, 1.807) is 18.2 Å². The van der Waals surface area contributed by atoms with Crippen LogP contribution in [0.5, 0.6) is 0 Å². The minimum Gasteiger partial charge on any atom is -0.342 e. The van der Waals surface area contributed by atoms with Gasteiger partial charge in [0.15, 0.2) is 11.0 Å². The molecule has 2 amide bonds. The third kappa shape index (κ3) is 7.24. The van der Waals surface area contributed by atoms with Crippen LogP contribution in [0.2, 0.25) is 10.0 Å². The molecule has 0 unspecified atom stereocenters. The number of aromatic nitrogens is 3. The van der Waals surface area contributed by atoms with E-state index < -0.39 is 0 Å². The Balaban J connectivity index is 1.75. The number of aryl methyl sites for hydroxylation is 1. The number of benzene rings is 2. The predicted octanol–water partition coefficient (Wildman–Crippen LogP) is 6.42. The molecule has 0 saturated heterocycles. The molecule has 0 bridgehead atoms. The van der Waals surface area contributed by atoms with Gasteiger partial charge < -0.3 is 15.2 Å². The average molecular weight is 549 g/mol. The van der Waals surface area contributed by atoms with Crippen molar-refractivity contribution in [1.82, 2.24) is 20.1 Å². The highest BCUT2D eigenvalue weighted by Gasteiger charge is 2.25. The van der Waals surface area contributed by atoms with Gasteiger partial charge in [0, 0.05) is 17.3 Å². The maximum absolute atomic E-state index is 13.0. The van der Waals surface area contributed by atoms with Crippen molar-refractivity contribution in [3.8, 4) is 0 Å². The SMILES string of the molecule is CCc1ccccc1NC(=O)CSc1nnc([C@H](CC(C)C)NC(=O)c2ccc(Cl)cc2Cl)n1CC. The maximum Gasteiger partial charge on any atom is 0.253 e. The van der Waals surface area contributed by atoms with Crippen LogP contribution in [-0.4, -0.2) is 32.3 Å². The molecule has 1 heterocycles. The van der Waals surface area contributed by atoms with Crippen molar-refractivity contribution < 1.29 is 9.59 Å². The first kappa shape index (κ1) is 28.0. The molecule has 3 rings (SSSR count). The van der Waals surface area contributed by atoms with E-state index >= 15 is 0 Å². The van der Waals surface area contributed by atoms with Gasteiger partial charge in [-0.15, -0.1) is 10.2 Å². The molecule has 0 aliphatic heterocycles. The molecule has 0 aliphatic carbocycles. The van der Waals surface area contributed by atoms with Gasteiger partial charge in [-0.25, -0.2) is 0 Å². The molecule has 2 aromatic carbocycles. The standard InChI is InChI=1S/C26H31Cl2N5O2S/c1-5-17-9-7-8-10-21(17)29-23(34)15-36-26-32-31-24(33(26)6-2)22(13-16(3)4)30-25(35)19-12-11-18(27)14-20(19)28/h7-12,14,16,22H,5-6,13,15H2,1-4H3,(H,29,34)(H,30,35)/t22-/m0/s1. The fourth-order valence-corrected chi connectivity index (χ4v) is 5.14. The second kappa shape index (κ2) is 13.1. The van der Waals surface area contributed by atoms with Crippen LogP contribution in [0.3, 0.4) is 0 Å². The van der Waals surface area contributed by atoms with Crippen LogP contribution in [0.1, 0.15) is 61.9 Å². The minimum absolute atomic E-state index is 0.113. The fraction of sp³-hybridized carbons (Fsp3) is 0.385. The summed E-state index contributed by atoms with van der Waals surface area (Å²) in [5.74, 6) is 0.702. The zero-order valence-corrected chi connectivity index (χ0v) is 23.2. The van der Waals surface area contributed by atoms with Gasteiger partial charge in [-0.05, 0) is 55.5 Å². The summed E-state index contributed by atoms with van der Waals surface area (Å²) in [7, 11) is 0. The first-order valence-corrected chi connectivity index (χ1v) is 13.7. The molecule has 0 fully saturated rings. The van der Waals surface area contributed by atoms with E-state index in [0.717, 1.165) is 17.7 Å². The molecule has 192 valence electrons. The molecule has 0 saturated carbocycles. The number of amides is 2. The Morgan fingerprint density at radius 3 is 2.50 bits per heavy atom. The molecule has 7 nitrogen and oxygen atoms in total. The molecule has 10 heteroatoms. The number of para-hydroxylation sites is 1. The van der Waals surface area contributed by atoms with Gasteiger partial charge in [0.05, 0.1) is 22.4 Å². The Hall–Kier alpha value is -2.55. The van der Waals surface area contributed by atoms with Crippen molar-refractivity contribution >= 4 is 52.5 Å². The number of hydrogen-bond acceptors (Lipinski definition) is 5. The molecule has 0 spiro atoms. The Kier molecular flexibility index (Phi) is 10.2. The summed E-state index contributed by atoms with van der Waals surface area (Å²) >= 11 is 13.5. The van der Waals surface area contributed by atoms with Gasteiger partial charge in [0.25, 0.3) is 5.91 Å². The number of rotatable bonds is 11. The smallest absolute Gasteiger partial charge is 0.253 e. The van der Waals surface area contributed by atoms with E-state index in [0.29, 0.717) is 40.5 Å². The van der Waals surface area contributed by atoms with Crippen molar-refractivity contribution in [3.63, 3.8) is 0 Å². The number of carbonyl (C=O) groups is 2. The van der Waals surface area contributed by atoms with Crippen molar-refractivity contribution in [2.45, 2.75) is 58.3 Å². The van der Waals surface area contributed by atoms with Crippen molar-refractivity contribution in [3.05, 3.63) is 69.5 Å². The largest absolute Gasteiger partial charge is 0.342 e. The van der Waals surface area contributed by atoms with Gasteiger partial charge in [0.1, 0.15) is 0 Å². The van der Waals surface area contributed by atoms with Crippen LogP contribution < -0.4 is 10.6 Å². The van der Waals surface area contributed by atoms with Gasteiger partial charge in [-0.1, -0.05) is 73.9 Å². The van der Waals surface area contributed by atoms with Crippen molar-refractivity contribution in [2.75, 3.05) is 11.1 Å². The number of anilines is 1. The number of hydrogen-bond donors (Lipinski definition) is 2. The van der Waals surface area contributed by atoms with Crippen LogP contribution in [-0.2, 0) is 17.8 Å². The van der Waals surface area contributed by atoms with E-state index in [1.165, 1.54) is 11.8 Å². The Labute approximate surface area is 226 Å². The van der Waals surface area contributed by atoms with Crippen LogP contribution in [0.4, 0.5) is 5.69 Å². The highest BCUT2D eigenvalue weighted by atomic mass is 35.5. The quantitative estimate of drug-likeness (QED) is 0.270. The summed E-state index contributed by atoms with van der Waals surface area (Å²) in [6.07, 6.45) is 1.50. The molecule has 0 radical (unpaired) electrons. The number of thioether (sulfide) groups is 1. The topological polar surface area (TPSA) is 88.9 Å². The maximum atomic E-state index is 13.0. The lowest BCUT2D eigenvalue weighted by Gasteiger charge is -2.21. The van der Waals surface area contributed by atoms with Crippen LogP contribution in [0.15, 0.2) is 47.6 Å². The molecule has 36 heavy (non-hydrogen) atoms. The zero-order valence-electron chi connectivity index (χ0n) is 20.8. The van der Waals surface area contributed by atoms with E-state index in [4.69, 9.17) is 23.2 Å². The molecule has 0 aliphatic rings. The van der Waals surface area contributed by atoms with Crippen LogP contribution in [0.25, 0.3) is 0 Å². The highest BCUT2D eigenvalue weighted by Crippen LogP contribution is 2.27. The molecule has 1 aromatic heterocycles. The second-order valence-corrected chi connectivity index (χ2v) is 10.5. The van der Waals surface area contributed by atoms with Crippen LogP contribution in [0, 0.1) is 5.92 Å². The summed E-state index contributed by atoms with van der Waals surface area (Å²) < 4.78 is 1.94. The number of nitrogens with zero attached hydrogens (tertiary/aromatic N) is 3. The molecule has 3 aromatic rings. The third-order valence-electron chi connectivity index (χ3n) is 5.57. The Morgan fingerprint density at radius 1 is 1.08 bits per heavy atom. The van der Waals surface area contributed by atoms with E-state index in [9.17, 15) is 9.59 Å². The number of nitrogens with one attached hydrogen (secondary N) is 2. The number of halogens is 2. The minimum atomic E-state index is -0.378. The summed E-state index contributed by atoms with van der Waals surface area (Å²) in [6.45, 7) is 8.79. The van der Waals surface area contributed by atoms with E-state index in [1.807, 2.05) is 35.8 Å². The zero-order chi connectivity index (χ0) is 26.2. The third-order valence-corrected chi connectivity index (χ3v) is 7.08. The summed E-state index contributed by atoms with van der Waals surface area (Å²) in [6, 6.07) is 12.2. The summed E-state index contributed by atoms with van der Waals surface area (Å²) in [4.78, 5) is 25.7. The molecular formula is C26H31Cl2N5O2S. The van der Waals surface area contributed by atoms with Gasteiger partial charge in [-0.3, -0.25) is 9.59 Å². The molecule has 2 N–H and O–H groups in total. The van der Waals surface area contributed by atoms with E-state index in [-0.39, 0.29) is 28.6 Å². The first-order valence-electron chi connectivity index (χ1n) is 11.9. The highest BCUT2D eigenvalue weighted by molar-refractivity contribution is 7.99. The van der Waals surface area contributed by atoms with Gasteiger partial charge >= 0.3 is 0 Å². The first-order chi connectivity index (χ1) is 17.2. The van der Waals surface area contributed by atoms with E-state index in [2.05, 4.69) is 41.6 Å².